The quantitative estimate of drug-likeness (QED) is 0.850. The van der Waals surface area contributed by atoms with Crippen molar-refractivity contribution >= 4 is 27.8 Å². The number of furan rings is 1. The van der Waals surface area contributed by atoms with Gasteiger partial charge in [0.15, 0.2) is 10.4 Å². The number of amides is 1. The van der Waals surface area contributed by atoms with E-state index in [2.05, 4.69) is 21.2 Å². The van der Waals surface area contributed by atoms with Crippen LogP contribution in [0, 0.1) is 11.8 Å². The Balaban J connectivity index is 1.91. The SMILES string of the molecule is O=C(NCC(C(=O)O)C1CCOCC1)c1ccc(Br)o1. The molecule has 1 aromatic heterocycles. The van der Waals surface area contributed by atoms with Gasteiger partial charge in [0.1, 0.15) is 0 Å². The lowest BCUT2D eigenvalue weighted by Crippen LogP contribution is -2.38. The summed E-state index contributed by atoms with van der Waals surface area (Å²) in [6.07, 6.45) is 1.41. The van der Waals surface area contributed by atoms with Crippen molar-refractivity contribution in [1.82, 2.24) is 5.32 Å². The lowest BCUT2D eigenvalue weighted by Gasteiger charge is -2.27. The number of carboxylic acid groups (broad SMARTS) is 1. The van der Waals surface area contributed by atoms with Crippen LogP contribution in [0.2, 0.25) is 0 Å². The highest BCUT2D eigenvalue weighted by atomic mass is 79.9. The number of carbonyl (C=O) groups is 2. The summed E-state index contributed by atoms with van der Waals surface area (Å²) >= 11 is 3.11. The van der Waals surface area contributed by atoms with E-state index >= 15 is 0 Å². The van der Waals surface area contributed by atoms with Gasteiger partial charge in [0.25, 0.3) is 5.91 Å². The Morgan fingerprint density at radius 1 is 1.40 bits per heavy atom. The first-order valence-electron chi connectivity index (χ1n) is 6.42. The zero-order valence-corrected chi connectivity index (χ0v) is 12.4. The maximum absolute atomic E-state index is 11.8. The molecule has 0 bridgehead atoms. The molecule has 0 spiro atoms. The summed E-state index contributed by atoms with van der Waals surface area (Å²) in [6.45, 7) is 1.25. The second-order valence-electron chi connectivity index (χ2n) is 4.71. The molecular weight excluding hydrogens is 330 g/mol. The first-order valence-corrected chi connectivity index (χ1v) is 7.21. The largest absolute Gasteiger partial charge is 0.481 e. The van der Waals surface area contributed by atoms with Crippen LogP contribution in [0.3, 0.4) is 0 Å². The van der Waals surface area contributed by atoms with Gasteiger partial charge in [0.2, 0.25) is 0 Å². The molecule has 6 nitrogen and oxygen atoms in total. The van der Waals surface area contributed by atoms with Crippen LogP contribution in [0.5, 0.6) is 0 Å². The summed E-state index contributed by atoms with van der Waals surface area (Å²) in [7, 11) is 0. The van der Waals surface area contributed by atoms with Gasteiger partial charge in [0, 0.05) is 19.8 Å². The van der Waals surface area contributed by atoms with Crippen molar-refractivity contribution in [3.63, 3.8) is 0 Å². The Bertz CT molecular complexity index is 481. The molecule has 0 saturated carbocycles. The topological polar surface area (TPSA) is 88.8 Å². The summed E-state index contributed by atoms with van der Waals surface area (Å²) in [5, 5.41) is 11.9. The smallest absolute Gasteiger partial charge is 0.308 e. The summed E-state index contributed by atoms with van der Waals surface area (Å²) in [5.74, 6) is -1.70. The highest BCUT2D eigenvalue weighted by Crippen LogP contribution is 2.24. The maximum atomic E-state index is 11.8. The number of hydrogen-bond acceptors (Lipinski definition) is 4. The summed E-state index contributed by atoms with van der Waals surface area (Å²) in [6, 6.07) is 3.14. The fraction of sp³-hybridized carbons (Fsp3) is 0.538. The Labute approximate surface area is 124 Å². The van der Waals surface area contributed by atoms with Gasteiger partial charge in [-0.3, -0.25) is 9.59 Å². The second-order valence-corrected chi connectivity index (χ2v) is 5.49. The molecule has 1 amide bonds. The molecule has 2 N–H and O–H groups in total. The molecule has 7 heteroatoms. The molecule has 1 fully saturated rings. The number of rotatable bonds is 5. The highest BCUT2D eigenvalue weighted by molar-refractivity contribution is 9.10. The predicted molar refractivity (Wildman–Crippen MR) is 73.4 cm³/mol. The highest BCUT2D eigenvalue weighted by Gasteiger charge is 2.30. The summed E-state index contributed by atoms with van der Waals surface area (Å²) in [5.41, 5.74) is 0. The Morgan fingerprint density at radius 3 is 2.65 bits per heavy atom. The van der Waals surface area contributed by atoms with Crippen LogP contribution in [0.25, 0.3) is 0 Å². The molecule has 1 unspecified atom stereocenters. The van der Waals surface area contributed by atoms with E-state index in [4.69, 9.17) is 9.15 Å². The average molecular weight is 346 g/mol. The number of aliphatic carboxylic acids is 1. The molecule has 1 aliphatic rings. The van der Waals surface area contributed by atoms with Crippen LogP contribution in [-0.2, 0) is 9.53 Å². The average Bonchev–Trinajstić information content (AvgIpc) is 2.86. The van der Waals surface area contributed by atoms with E-state index < -0.39 is 17.8 Å². The van der Waals surface area contributed by atoms with Crippen molar-refractivity contribution in [2.75, 3.05) is 19.8 Å². The Morgan fingerprint density at radius 2 is 2.10 bits per heavy atom. The van der Waals surface area contributed by atoms with Gasteiger partial charge in [-0.2, -0.15) is 0 Å². The summed E-state index contributed by atoms with van der Waals surface area (Å²) in [4.78, 5) is 23.2. The minimum absolute atomic E-state index is 0.0323. The molecule has 0 aliphatic carbocycles. The molecule has 0 aromatic carbocycles. The Hall–Kier alpha value is -1.34. The molecule has 0 radical (unpaired) electrons. The van der Waals surface area contributed by atoms with Crippen molar-refractivity contribution in [2.24, 2.45) is 11.8 Å². The summed E-state index contributed by atoms with van der Waals surface area (Å²) < 4.78 is 10.8. The van der Waals surface area contributed by atoms with Crippen molar-refractivity contribution in [3.05, 3.63) is 22.6 Å². The third-order valence-corrected chi connectivity index (χ3v) is 3.86. The van der Waals surface area contributed by atoms with Gasteiger partial charge < -0.3 is 19.6 Å². The van der Waals surface area contributed by atoms with Crippen LogP contribution in [0.15, 0.2) is 21.2 Å². The van der Waals surface area contributed by atoms with Crippen LogP contribution >= 0.6 is 15.9 Å². The van der Waals surface area contributed by atoms with Gasteiger partial charge in [-0.15, -0.1) is 0 Å². The lowest BCUT2D eigenvalue weighted by atomic mass is 9.86. The molecule has 1 aromatic rings. The van der Waals surface area contributed by atoms with Crippen molar-refractivity contribution in [3.8, 4) is 0 Å². The van der Waals surface area contributed by atoms with Crippen molar-refractivity contribution in [1.29, 1.82) is 0 Å². The fourth-order valence-electron chi connectivity index (χ4n) is 2.30. The van der Waals surface area contributed by atoms with Crippen LogP contribution in [0.4, 0.5) is 0 Å². The molecule has 20 heavy (non-hydrogen) atoms. The van der Waals surface area contributed by atoms with Crippen LogP contribution in [-0.4, -0.2) is 36.7 Å². The third-order valence-electron chi connectivity index (χ3n) is 3.43. The molecule has 1 atom stereocenters. The van der Waals surface area contributed by atoms with Gasteiger partial charge >= 0.3 is 5.97 Å². The zero-order chi connectivity index (χ0) is 14.5. The van der Waals surface area contributed by atoms with Crippen molar-refractivity contribution < 1.29 is 23.8 Å². The molecule has 110 valence electrons. The van der Waals surface area contributed by atoms with Crippen LogP contribution in [0.1, 0.15) is 23.4 Å². The maximum Gasteiger partial charge on any atom is 0.308 e. The number of nitrogens with one attached hydrogen (secondary N) is 1. The van der Waals surface area contributed by atoms with E-state index in [9.17, 15) is 14.7 Å². The molecule has 1 saturated heterocycles. The number of carboxylic acids is 1. The molecule has 1 aliphatic heterocycles. The van der Waals surface area contributed by atoms with Gasteiger partial charge in [0.05, 0.1) is 5.92 Å². The minimum atomic E-state index is -0.891. The Kier molecular flexibility index (Phi) is 5.19. The minimum Gasteiger partial charge on any atom is -0.481 e. The number of hydrogen-bond donors (Lipinski definition) is 2. The fourth-order valence-corrected chi connectivity index (χ4v) is 2.61. The van der Waals surface area contributed by atoms with Gasteiger partial charge in [-0.1, -0.05) is 0 Å². The lowest BCUT2D eigenvalue weighted by molar-refractivity contribution is -0.144. The van der Waals surface area contributed by atoms with E-state index in [1.807, 2.05) is 0 Å². The van der Waals surface area contributed by atoms with E-state index in [0.29, 0.717) is 30.7 Å². The third kappa shape index (κ3) is 3.83. The van der Waals surface area contributed by atoms with Gasteiger partial charge in [-0.05, 0) is 46.8 Å². The second kappa shape index (κ2) is 6.90. The molecule has 2 rings (SSSR count). The first kappa shape index (κ1) is 15.1. The first-order chi connectivity index (χ1) is 9.58. The molecule has 2 heterocycles. The van der Waals surface area contributed by atoms with E-state index in [-0.39, 0.29) is 18.2 Å². The van der Waals surface area contributed by atoms with Crippen molar-refractivity contribution in [2.45, 2.75) is 12.8 Å². The molecular formula is C13H16BrNO5. The zero-order valence-electron chi connectivity index (χ0n) is 10.8. The van der Waals surface area contributed by atoms with Crippen LogP contribution < -0.4 is 5.32 Å². The number of carbonyl (C=O) groups excluding carboxylic acids is 1. The van der Waals surface area contributed by atoms with E-state index in [0.717, 1.165) is 0 Å². The van der Waals surface area contributed by atoms with E-state index in [1.165, 1.54) is 6.07 Å². The standard InChI is InChI=1S/C13H16BrNO5/c14-11-2-1-10(20-11)12(16)15-7-9(13(17)18)8-3-5-19-6-4-8/h1-2,8-9H,3-7H2,(H,15,16)(H,17,18). The normalized spacial score (nSPS) is 17.6. The predicted octanol–water partition coefficient (Wildman–Crippen LogP) is 1.90. The van der Waals surface area contributed by atoms with E-state index in [1.54, 1.807) is 6.07 Å². The number of ether oxygens (including phenoxy) is 1. The number of halogens is 1. The monoisotopic (exact) mass is 345 g/mol. The van der Waals surface area contributed by atoms with Gasteiger partial charge in [-0.25, -0.2) is 0 Å².